The average molecular weight is 312 g/mol. The molecule has 0 unspecified atom stereocenters. The summed E-state index contributed by atoms with van der Waals surface area (Å²) < 4.78 is 1.29. The number of nitrogens with zero attached hydrogens (tertiary/aromatic N) is 5. The molecule has 0 bridgehead atoms. The van der Waals surface area contributed by atoms with Crippen molar-refractivity contribution in [3.63, 3.8) is 0 Å². The van der Waals surface area contributed by atoms with Gasteiger partial charge in [0, 0.05) is 19.5 Å². The van der Waals surface area contributed by atoms with Gasteiger partial charge in [-0.15, -0.1) is 5.10 Å². The smallest absolute Gasteiger partial charge is 0.252 e. The molecule has 1 aromatic carbocycles. The van der Waals surface area contributed by atoms with Gasteiger partial charge < -0.3 is 10.6 Å². The van der Waals surface area contributed by atoms with Gasteiger partial charge in [0.1, 0.15) is 18.9 Å². The summed E-state index contributed by atoms with van der Waals surface area (Å²) in [5.74, 6) is -0.697. The number of rotatable bonds is 7. The number of carbonyl (C=O) groups excluding carboxylic acids is 2. The highest BCUT2D eigenvalue weighted by Crippen LogP contribution is 2.06. The maximum atomic E-state index is 12.4. The van der Waals surface area contributed by atoms with E-state index in [1.54, 1.807) is 6.07 Å². The van der Waals surface area contributed by atoms with E-state index in [9.17, 15) is 9.59 Å². The van der Waals surface area contributed by atoms with Crippen LogP contribution in [0.25, 0.3) is 0 Å². The Labute approximate surface area is 133 Å². The van der Waals surface area contributed by atoms with Crippen molar-refractivity contribution in [3.8, 4) is 6.07 Å². The highest BCUT2D eigenvalue weighted by molar-refractivity contribution is 5.78. The van der Waals surface area contributed by atoms with Crippen LogP contribution in [-0.2, 0) is 22.7 Å². The van der Waals surface area contributed by atoms with E-state index >= 15 is 0 Å². The molecule has 0 saturated heterocycles. The summed E-state index contributed by atoms with van der Waals surface area (Å²) in [6.07, 6.45) is 1.41. The number of carbonyl (C=O) groups is 2. The molecule has 0 aliphatic rings. The van der Waals surface area contributed by atoms with Gasteiger partial charge in [0.05, 0.1) is 0 Å². The van der Waals surface area contributed by atoms with Crippen LogP contribution in [0.3, 0.4) is 0 Å². The third kappa shape index (κ3) is 4.93. The fourth-order valence-electron chi connectivity index (χ4n) is 2.00. The Morgan fingerprint density at radius 2 is 2.04 bits per heavy atom. The lowest BCUT2D eigenvalue weighted by molar-refractivity contribution is -0.133. The molecular weight excluding hydrogens is 296 g/mol. The lowest BCUT2D eigenvalue weighted by Gasteiger charge is -2.22. The molecule has 0 aliphatic heterocycles. The standard InChI is InChI=1S/C15H16N6O2/c16-8-14-18-11-21(19-14)10-15(23)20(7-6-13(17)22)9-12-4-2-1-3-5-12/h1-5,11H,6-7,9-10H2,(H2,17,22). The van der Waals surface area contributed by atoms with Crippen LogP contribution in [0.4, 0.5) is 0 Å². The molecule has 8 nitrogen and oxygen atoms in total. The summed E-state index contributed by atoms with van der Waals surface area (Å²) in [6.45, 7) is 0.538. The van der Waals surface area contributed by atoms with Crippen LogP contribution in [0, 0.1) is 11.3 Å². The van der Waals surface area contributed by atoms with Crippen molar-refractivity contribution in [2.24, 2.45) is 5.73 Å². The Kier molecular flexibility index (Phi) is 5.41. The van der Waals surface area contributed by atoms with Crippen molar-refractivity contribution in [2.75, 3.05) is 6.54 Å². The van der Waals surface area contributed by atoms with Crippen molar-refractivity contribution in [3.05, 3.63) is 48.0 Å². The minimum atomic E-state index is -0.469. The summed E-state index contributed by atoms with van der Waals surface area (Å²) in [7, 11) is 0. The van der Waals surface area contributed by atoms with E-state index in [1.165, 1.54) is 15.9 Å². The van der Waals surface area contributed by atoms with Crippen LogP contribution in [0.15, 0.2) is 36.7 Å². The van der Waals surface area contributed by atoms with E-state index in [1.807, 2.05) is 30.3 Å². The summed E-state index contributed by atoms with van der Waals surface area (Å²) in [4.78, 5) is 28.7. The van der Waals surface area contributed by atoms with Crippen LogP contribution in [0.1, 0.15) is 17.8 Å². The van der Waals surface area contributed by atoms with E-state index < -0.39 is 5.91 Å². The molecule has 0 spiro atoms. The summed E-state index contributed by atoms with van der Waals surface area (Å²) in [5, 5.41) is 12.6. The molecular formula is C15H16N6O2. The molecule has 0 radical (unpaired) electrons. The molecule has 0 atom stereocenters. The number of amides is 2. The van der Waals surface area contributed by atoms with Gasteiger partial charge in [-0.05, 0) is 5.56 Å². The summed E-state index contributed by atoms with van der Waals surface area (Å²) >= 11 is 0. The SMILES string of the molecule is N#Cc1ncn(CC(=O)N(CCC(N)=O)Cc2ccccc2)n1. The molecule has 23 heavy (non-hydrogen) atoms. The Hall–Kier alpha value is -3.21. The molecule has 1 aromatic heterocycles. The molecule has 2 aromatic rings. The number of primary amides is 1. The van der Waals surface area contributed by atoms with Crippen LogP contribution >= 0.6 is 0 Å². The van der Waals surface area contributed by atoms with Gasteiger partial charge in [0.25, 0.3) is 5.82 Å². The van der Waals surface area contributed by atoms with Crippen molar-refractivity contribution in [1.29, 1.82) is 5.26 Å². The van der Waals surface area contributed by atoms with E-state index in [0.717, 1.165) is 5.56 Å². The number of nitrogens with two attached hydrogens (primary N) is 1. The first-order chi connectivity index (χ1) is 11.1. The van der Waals surface area contributed by atoms with Crippen molar-refractivity contribution in [2.45, 2.75) is 19.5 Å². The highest BCUT2D eigenvalue weighted by atomic mass is 16.2. The van der Waals surface area contributed by atoms with Gasteiger partial charge in [-0.25, -0.2) is 9.67 Å². The molecule has 1 heterocycles. The molecule has 0 saturated carbocycles. The van der Waals surface area contributed by atoms with Crippen LogP contribution < -0.4 is 5.73 Å². The second-order valence-corrected chi connectivity index (χ2v) is 4.89. The number of benzene rings is 1. The first-order valence-electron chi connectivity index (χ1n) is 6.98. The predicted octanol–water partition coefficient (Wildman–Crippen LogP) is 0.0540. The third-order valence-electron chi connectivity index (χ3n) is 3.13. The van der Waals surface area contributed by atoms with Crippen LogP contribution in [0.2, 0.25) is 0 Å². The fraction of sp³-hybridized carbons (Fsp3) is 0.267. The molecule has 2 rings (SSSR count). The molecule has 118 valence electrons. The zero-order chi connectivity index (χ0) is 16.7. The van der Waals surface area contributed by atoms with Gasteiger partial charge in [-0.2, -0.15) is 5.26 Å². The van der Waals surface area contributed by atoms with Gasteiger partial charge in [-0.1, -0.05) is 30.3 Å². The van der Waals surface area contributed by atoms with Gasteiger partial charge in [0.15, 0.2) is 0 Å². The quantitative estimate of drug-likeness (QED) is 0.775. The van der Waals surface area contributed by atoms with E-state index in [4.69, 9.17) is 11.0 Å². The van der Waals surface area contributed by atoms with Gasteiger partial charge in [-0.3, -0.25) is 9.59 Å². The first-order valence-corrected chi connectivity index (χ1v) is 6.98. The van der Waals surface area contributed by atoms with Crippen LogP contribution in [0.5, 0.6) is 0 Å². The zero-order valence-corrected chi connectivity index (χ0v) is 12.4. The molecule has 0 aliphatic carbocycles. The Bertz CT molecular complexity index is 719. The Morgan fingerprint density at radius 1 is 1.30 bits per heavy atom. The highest BCUT2D eigenvalue weighted by Gasteiger charge is 2.16. The van der Waals surface area contributed by atoms with E-state index in [2.05, 4.69) is 10.1 Å². The van der Waals surface area contributed by atoms with Crippen molar-refractivity contribution in [1.82, 2.24) is 19.7 Å². The lowest BCUT2D eigenvalue weighted by Crippen LogP contribution is -2.36. The lowest BCUT2D eigenvalue weighted by atomic mass is 10.2. The van der Waals surface area contributed by atoms with E-state index in [0.29, 0.717) is 6.54 Å². The second-order valence-electron chi connectivity index (χ2n) is 4.89. The summed E-state index contributed by atoms with van der Waals surface area (Å²) in [6, 6.07) is 11.2. The normalized spacial score (nSPS) is 10.0. The van der Waals surface area contributed by atoms with Crippen LogP contribution in [-0.4, -0.2) is 38.0 Å². The first kappa shape index (κ1) is 16.2. The second kappa shape index (κ2) is 7.70. The Morgan fingerprint density at radius 3 is 2.65 bits per heavy atom. The molecule has 2 N–H and O–H groups in total. The summed E-state index contributed by atoms with van der Waals surface area (Å²) in [5.41, 5.74) is 6.11. The number of nitriles is 1. The monoisotopic (exact) mass is 312 g/mol. The molecule has 2 amide bonds. The maximum Gasteiger partial charge on any atom is 0.252 e. The largest absolute Gasteiger partial charge is 0.370 e. The third-order valence-corrected chi connectivity index (χ3v) is 3.13. The zero-order valence-electron chi connectivity index (χ0n) is 12.4. The fourth-order valence-corrected chi connectivity index (χ4v) is 2.00. The number of aromatic nitrogens is 3. The predicted molar refractivity (Wildman–Crippen MR) is 80.4 cm³/mol. The Balaban J connectivity index is 2.06. The van der Waals surface area contributed by atoms with Gasteiger partial charge >= 0.3 is 0 Å². The minimum Gasteiger partial charge on any atom is -0.370 e. The topological polar surface area (TPSA) is 118 Å². The average Bonchev–Trinajstić information content (AvgIpc) is 2.99. The number of hydrogen-bond acceptors (Lipinski definition) is 5. The molecule has 0 fully saturated rings. The molecule has 8 heteroatoms. The maximum absolute atomic E-state index is 12.4. The van der Waals surface area contributed by atoms with Crippen molar-refractivity contribution >= 4 is 11.8 Å². The van der Waals surface area contributed by atoms with Crippen molar-refractivity contribution < 1.29 is 9.59 Å². The minimum absolute atomic E-state index is 0.00421. The number of hydrogen-bond donors (Lipinski definition) is 1. The van der Waals surface area contributed by atoms with Gasteiger partial charge in [0.2, 0.25) is 11.8 Å². The van der Waals surface area contributed by atoms with E-state index in [-0.39, 0.29) is 31.2 Å².